The maximum atomic E-state index is 11.8. The van der Waals surface area contributed by atoms with Crippen LogP contribution < -0.4 is 9.47 Å². The highest BCUT2D eigenvalue weighted by atomic mass is 16.5. The van der Waals surface area contributed by atoms with Gasteiger partial charge in [-0.1, -0.05) is 0 Å². The number of hydrogen-bond donors (Lipinski definition) is 1. The summed E-state index contributed by atoms with van der Waals surface area (Å²) >= 11 is 0. The molecule has 10 atom stereocenters. The van der Waals surface area contributed by atoms with Crippen molar-refractivity contribution in [1.82, 2.24) is 4.90 Å². The van der Waals surface area contributed by atoms with Crippen molar-refractivity contribution in [3.05, 3.63) is 23.8 Å². The Hall–Kier alpha value is -1.26. The van der Waals surface area contributed by atoms with Crippen molar-refractivity contribution in [2.24, 2.45) is 47.3 Å². The highest BCUT2D eigenvalue weighted by Gasteiger charge is 2.93. The molecule has 4 bridgehead atoms. The first-order chi connectivity index (χ1) is 11.7. The van der Waals surface area contributed by atoms with Gasteiger partial charge < -0.3 is 14.6 Å². The van der Waals surface area contributed by atoms with E-state index >= 15 is 0 Å². The van der Waals surface area contributed by atoms with Crippen molar-refractivity contribution >= 4 is 0 Å². The third-order valence-electron chi connectivity index (χ3n) is 8.98. The lowest BCUT2D eigenvalue weighted by atomic mass is 9.59. The minimum Gasteiger partial charge on any atom is -0.497 e. The number of rotatable bonds is 4. The Morgan fingerprint density at radius 2 is 1.75 bits per heavy atom. The summed E-state index contributed by atoms with van der Waals surface area (Å²) in [6, 6.07) is 6.76. The number of ether oxygens (including phenoxy) is 2. The molecule has 0 radical (unpaired) electrons. The van der Waals surface area contributed by atoms with E-state index in [9.17, 15) is 5.11 Å². The lowest BCUT2D eigenvalue weighted by molar-refractivity contribution is -0.134. The van der Waals surface area contributed by atoms with Crippen molar-refractivity contribution in [1.29, 1.82) is 0 Å². The van der Waals surface area contributed by atoms with Crippen LogP contribution in [0.1, 0.15) is 12.0 Å². The zero-order valence-corrected chi connectivity index (χ0v) is 14.1. The first-order valence-electron chi connectivity index (χ1n) is 9.39. The second-order valence-electron chi connectivity index (χ2n) is 9.05. The van der Waals surface area contributed by atoms with E-state index in [2.05, 4.69) is 17.0 Å². The summed E-state index contributed by atoms with van der Waals surface area (Å²) < 4.78 is 10.9. The minimum absolute atomic E-state index is 0.507. The van der Waals surface area contributed by atoms with Crippen molar-refractivity contribution in [3.8, 4) is 11.5 Å². The van der Waals surface area contributed by atoms with E-state index in [0.717, 1.165) is 53.6 Å². The van der Waals surface area contributed by atoms with Crippen LogP contribution in [0, 0.1) is 47.3 Å². The number of benzene rings is 1. The summed E-state index contributed by atoms with van der Waals surface area (Å²) in [6.45, 7) is 0.827. The lowest BCUT2D eigenvalue weighted by Gasteiger charge is -2.45. The zero-order chi connectivity index (χ0) is 16.0. The van der Waals surface area contributed by atoms with Gasteiger partial charge in [0.2, 0.25) is 0 Å². The van der Waals surface area contributed by atoms with Crippen molar-refractivity contribution in [3.63, 3.8) is 0 Å². The minimum atomic E-state index is -0.507. The topological polar surface area (TPSA) is 41.9 Å². The maximum Gasteiger partial charge on any atom is 0.125 e. The van der Waals surface area contributed by atoms with Crippen molar-refractivity contribution in [2.75, 3.05) is 14.2 Å². The van der Waals surface area contributed by atoms with Gasteiger partial charge in [-0.3, -0.25) is 4.90 Å². The molecule has 24 heavy (non-hydrogen) atoms. The van der Waals surface area contributed by atoms with Crippen molar-refractivity contribution < 1.29 is 14.6 Å². The molecule has 1 N–H and O–H groups in total. The molecule has 0 spiro atoms. The second-order valence-corrected chi connectivity index (χ2v) is 9.05. The zero-order valence-electron chi connectivity index (χ0n) is 14.1. The highest BCUT2D eigenvalue weighted by molar-refractivity contribution is 5.43. The molecule has 4 heteroatoms. The molecule has 2 saturated heterocycles. The average Bonchev–Trinajstić information content (AvgIpc) is 3.21. The third-order valence-corrected chi connectivity index (χ3v) is 8.98. The summed E-state index contributed by atoms with van der Waals surface area (Å²) in [5.41, 5.74) is 0.689. The SMILES string of the molecule is COc1cc(CN2[C@@H]3[C@H]4[C@H]5[C@@H]6C[C@@H]7[C@H]5[C@H]4[C@]2(O)[C@@H]7[C@@H]63)cc(OC)c1. The predicted octanol–water partition coefficient (Wildman–Crippen LogP) is 1.96. The molecule has 0 unspecified atom stereocenters. The number of hydrogen-bond acceptors (Lipinski definition) is 4. The summed E-state index contributed by atoms with van der Waals surface area (Å²) in [5.74, 6) is 8.02. The van der Waals surface area contributed by atoms with Crippen LogP contribution in [-0.2, 0) is 6.54 Å². The molecular weight excluding hydrogens is 302 g/mol. The Bertz CT molecular complexity index is 758. The van der Waals surface area contributed by atoms with Gasteiger partial charge in [-0.15, -0.1) is 0 Å². The number of nitrogens with zero attached hydrogens (tertiary/aromatic N) is 1. The molecule has 1 aromatic rings. The van der Waals surface area contributed by atoms with E-state index in [4.69, 9.17) is 9.47 Å². The van der Waals surface area contributed by atoms with Gasteiger partial charge in [-0.05, 0) is 59.6 Å². The molecule has 5 aliphatic carbocycles. The molecule has 2 heterocycles. The van der Waals surface area contributed by atoms with E-state index in [1.807, 2.05) is 6.07 Å². The van der Waals surface area contributed by atoms with E-state index in [1.165, 1.54) is 12.0 Å². The molecule has 0 aromatic heterocycles. The Kier molecular flexibility index (Phi) is 1.97. The van der Waals surface area contributed by atoms with Gasteiger partial charge in [0.25, 0.3) is 0 Å². The Morgan fingerprint density at radius 3 is 2.46 bits per heavy atom. The Balaban J connectivity index is 1.30. The molecule has 8 rings (SSSR count). The first-order valence-corrected chi connectivity index (χ1v) is 9.39. The Labute approximate surface area is 141 Å². The predicted molar refractivity (Wildman–Crippen MR) is 86.4 cm³/mol. The second kappa shape index (κ2) is 3.63. The standard InChI is InChI=1S/C20H23NO3/c1-23-9-3-8(4-10(5-9)24-2)7-21-19-15-11-6-12-14-13(11)16(19)18(14)20(21,22)17(12)15/h3-5,11-19,22H,6-7H2,1-2H3/t11-,12+,13-,14+,15+,16-,17-,18+,19-,20+/m0/s1. The summed E-state index contributed by atoms with van der Waals surface area (Å²) in [5, 5.41) is 11.8. The molecule has 1 aromatic carbocycles. The molecule has 2 aliphatic heterocycles. The van der Waals surface area contributed by atoms with Gasteiger partial charge in [-0.2, -0.15) is 0 Å². The van der Waals surface area contributed by atoms with Gasteiger partial charge in [0.05, 0.1) is 14.2 Å². The van der Waals surface area contributed by atoms with Crippen LogP contribution in [-0.4, -0.2) is 36.0 Å². The third kappa shape index (κ3) is 1.03. The Morgan fingerprint density at radius 1 is 1.00 bits per heavy atom. The van der Waals surface area contributed by atoms with Crippen LogP contribution in [0.3, 0.4) is 0 Å². The van der Waals surface area contributed by atoms with Gasteiger partial charge in [0, 0.05) is 30.5 Å². The van der Waals surface area contributed by atoms with Crippen LogP contribution >= 0.6 is 0 Å². The van der Waals surface area contributed by atoms with E-state index in [1.54, 1.807) is 14.2 Å². The van der Waals surface area contributed by atoms with Crippen LogP contribution in [0.15, 0.2) is 18.2 Å². The van der Waals surface area contributed by atoms with Crippen LogP contribution in [0.25, 0.3) is 0 Å². The van der Waals surface area contributed by atoms with Crippen LogP contribution in [0.2, 0.25) is 0 Å². The van der Waals surface area contributed by atoms with Crippen LogP contribution in [0.5, 0.6) is 11.5 Å². The summed E-state index contributed by atoms with van der Waals surface area (Å²) in [4.78, 5) is 2.50. The maximum absolute atomic E-state index is 11.8. The molecule has 7 aliphatic rings. The number of aliphatic hydroxyl groups is 1. The molecule has 0 amide bonds. The van der Waals surface area contributed by atoms with Crippen molar-refractivity contribution in [2.45, 2.75) is 24.7 Å². The quantitative estimate of drug-likeness (QED) is 0.919. The fraction of sp³-hybridized carbons (Fsp3) is 0.700. The van der Waals surface area contributed by atoms with Gasteiger partial charge in [0.15, 0.2) is 0 Å². The average molecular weight is 325 g/mol. The summed E-state index contributed by atoms with van der Waals surface area (Å²) in [7, 11) is 3.39. The first kappa shape index (κ1) is 13.0. The fourth-order valence-electron chi connectivity index (χ4n) is 8.92. The normalized spacial score (nSPS) is 56.5. The highest BCUT2D eigenvalue weighted by Crippen LogP contribution is 2.90. The molecular formula is C20H23NO3. The largest absolute Gasteiger partial charge is 0.497 e. The number of methoxy groups -OCH3 is 2. The molecule has 7 fully saturated rings. The van der Waals surface area contributed by atoms with Gasteiger partial charge in [0.1, 0.15) is 17.2 Å². The lowest BCUT2D eigenvalue weighted by Crippen LogP contribution is -2.50. The van der Waals surface area contributed by atoms with E-state index in [-0.39, 0.29) is 0 Å². The molecule has 126 valence electrons. The fourth-order valence-corrected chi connectivity index (χ4v) is 8.92. The summed E-state index contributed by atoms with van der Waals surface area (Å²) in [6.07, 6.45) is 1.43. The van der Waals surface area contributed by atoms with E-state index < -0.39 is 5.72 Å². The molecule has 5 saturated carbocycles. The van der Waals surface area contributed by atoms with E-state index in [0.29, 0.717) is 17.9 Å². The smallest absolute Gasteiger partial charge is 0.125 e. The van der Waals surface area contributed by atoms with Crippen LogP contribution in [0.4, 0.5) is 0 Å². The molecule has 4 nitrogen and oxygen atoms in total. The monoisotopic (exact) mass is 325 g/mol. The van der Waals surface area contributed by atoms with Gasteiger partial charge >= 0.3 is 0 Å². The van der Waals surface area contributed by atoms with Gasteiger partial charge in [-0.25, -0.2) is 0 Å².